The molecule has 0 radical (unpaired) electrons. The Bertz CT molecular complexity index is 1240. The molecule has 0 bridgehead atoms. The predicted molar refractivity (Wildman–Crippen MR) is 141 cm³/mol. The van der Waals surface area contributed by atoms with Gasteiger partial charge in [-0.05, 0) is 31.0 Å². The second kappa shape index (κ2) is 11.5. The van der Waals surface area contributed by atoms with Crippen LogP contribution in [0.4, 0.5) is 10.2 Å². The summed E-state index contributed by atoms with van der Waals surface area (Å²) in [5.74, 6) is 0.738. The van der Waals surface area contributed by atoms with E-state index in [4.69, 9.17) is 15.2 Å². The molecule has 0 spiro atoms. The quantitative estimate of drug-likeness (QED) is 0.249. The monoisotopic (exact) mass is 491 g/mol. The highest BCUT2D eigenvalue weighted by molar-refractivity contribution is 7.99. The van der Waals surface area contributed by atoms with Crippen LogP contribution in [-0.4, -0.2) is 33.1 Å². The van der Waals surface area contributed by atoms with Crippen molar-refractivity contribution in [3.8, 4) is 34.0 Å². The Kier molecular flexibility index (Phi) is 8.15. The number of aromatic nitrogens is 3. The average Bonchev–Trinajstić information content (AvgIpc) is 3.38. The number of nitrogen functional groups attached to an aromatic ring is 1. The molecule has 0 aliphatic heterocycles. The lowest BCUT2D eigenvalue weighted by atomic mass is 10.1. The SMILES string of the molecule is CCC(C)Sc1ccc(-c2cnc(N)c(-c3cc(-c4ccc(CNC(C)CF)cc4)no3)n2)cc1. The number of benzene rings is 2. The summed E-state index contributed by atoms with van der Waals surface area (Å²) in [5, 5.41) is 7.91. The first kappa shape index (κ1) is 24.9. The summed E-state index contributed by atoms with van der Waals surface area (Å²) in [6.07, 6.45) is 2.79. The molecule has 2 aromatic carbocycles. The Labute approximate surface area is 209 Å². The number of alkyl halides is 1. The zero-order valence-electron chi connectivity index (χ0n) is 20.2. The van der Waals surface area contributed by atoms with Crippen LogP contribution in [0.15, 0.2) is 70.2 Å². The zero-order chi connectivity index (χ0) is 24.8. The Hall–Kier alpha value is -3.23. The molecule has 4 aromatic rings. The maximum absolute atomic E-state index is 12.6. The fourth-order valence-corrected chi connectivity index (χ4v) is 4.33. The molecule has 0 fully saturated rings. The molecule has 2 atom stereocenters. The number of nitrogens with two attached hydrogens (primary N) is 1. The van der Waals surface area contributed by atoms with Crippen molar-refractivity contribution in [2.45, 2.75) is 49.9 Å². The number of nitrogens with zero attached hydrogens (tertiary/aromatic N) is 3. The van der Waals surface area contributed by atoms with Gasteiger partial charge in [0.05, 0.1) is 11.9 Å². The molecular weight excluding hydrogens is 461 g/mol. The molecule has 0 saturated carbocycles. The molecule has 0 saturated heterocycles. The molecule has 2 aromatic heterocycles. The highest BCUT2D eigenvalue weighted by Gasteiger charge is 2.16. The van der Waals surface area contributed by atoms with Crippen LogP contribution in [0, 0.1) is 0 Å². The maximum atomic E-state index is 12.6. The molecule has 0 aliphatic rings. The van der Waals surface area contributed by atoms with Crippen molar-refractivity contribution < 1.29 is 8.91 Å². The number of nitrogens with one attached hydrogen (secondary N) is 1. The summed E-state index contributed by atoms with van der Waals surface area (Å²) in [6.45, 7) is 6.44. The summed E-state index contributed by atoms with van der Waals surface area (Å²) >= 11 is 1.86. The van der Waals surface area contributed by atoms with E-state index >= 15 is 0 Å². The van der Waals surface area contributed by atoms with Crippen molar-refractivity contribution in [1.82, 2.24) is 20.4 Å². The zero-order valence-corrected chi connectivity index (χ0v) is 21.0. The van der Waals surface area contributed by atoms with E-state index in [0.29, 0.717) is 34.6 Å². The van der Waals surface area contributed by atoms with Crippen molar-refractivity contribution in [3.05, 3.63) is 66.4 Å². The van der Waals surface area contributed by atoms with Gasteiger partial charge in [0.2, 0.25) is 0 Å². The highest BCUT2D eigenvalue weighted by atomic mass is 32.2. The van der Waals surface area contributed by atoms with Gasteiger partial charge >= 0.3 is 0 Å². The lowest BCUT2D eigenvalue weighted by molar-refractivity contribution is 0.391. The first-order valence-corrected chi connectivity index (χ1v) is 12.6. The van der Waals surface area contributed by atoms with E-state index in [-0.39, 0.29) is 11.9 Å². The van der Waals surface area contributed by atoms with Gasteiger partial charge in [0.1, 0.15) is 12.4 Å². The largest absolute Gasteiger partial charge is 0.382 e. The van der Waals surface area contributed by atoms with Crippen molar-refractivity contribution in [2.75, 3.05) is 12.4 Å². The third kappa shape index (κ3) is 6.26. The van der Waals surface area contributed by atoms with Gasteiger partial charge in [0, 0.05) is 39.9 Å². The van der Waals surface area contributed by atoms with E-state index in [1.807, 2.05) is 61.2 Å². The van der Waals surface area contributed by atoms with E-state index in [1.54, 1.807) is 6.20 Å². The summed E-state index contributed by atoms with van der Waals surface area (Å²) in [7, 11) is 0. The molecule has 2 heterocycles. The van der Waals surface area contributed by atoms with Gasteiger partial charge in [-0.2, -0.15) is 0 Å². The molecule has 0 amide bonds. The lowest BCUT2D eigenvalue weighted by Crippen LogP contribution is -2.27. The average molecular weight is 492 g/mol. The Morgan fingerprint density at radius 2 is 1.71 bits per heavy atom. The van der Waals surface area contributed by atoms with Crippen molar-refractivity contribution >= 4 is 17.6 Å². The normalized spacial score (nSPS) is 13.0. The summed E-state index contributed by atoms with van der Waals surface area (Å²) in [4.78, 5) is 10.3. The summed E-state index contributed by atoms with van der Waals surface area (Å²) in [5.41, 5.74) is 10.9. The molecule has 6 nitrogen and oxygen atoms in total. The van der Waals surface area contributed by atoms with Crippen LogP contribution in [0.3, 0.4) is 0 Å². The van der Waals surface area contributed by atoms with Crippen LogP contribution in [0.5, 0.6) is 0 Å². The second-order valence-corrected chi connectivity index (χ2v) is 10.1. The van der Waals surface area contributed by atoms with Crippen LogP contribution in [0.2, 0.25) is 0 Å². The number of anilines is 1. The molecular formula is C27H30FN5OS. The molecule has 2 unspecified atom stereocenters. The summed E-state index contributed by atoms with van der Waals surface area (Å²) in [6, 6.07) is 17.8. The van der Waals surface area contributed by atoms with Crippen molar-refractivity contribution in [1.29, 1.82) is 0 Å². The van der Waals surface area contributed by atoms with Crippen LogP contribution in [0.25, 0.3) is 34.0 Å². The third-order valence-corrected chi connectivity index (χ3v) is 7.02. The Morgan fingerprint density at radius 3 is 2.40 bits per heavy atom. The molecule has 0 aliphatic carbocycles. The number of hydrogen-bond acceptors (Lipinski definition) is 7. The first-order valence-electron chi connectivity index (χ1n) is 11.7. The van der Waals surface area contributed by atoms with E-state index in [9.17, 15) is 4.39 Å². The number of halogens is 1. The van der Waals surface area contributed by atoms with Gasteiger partial charge < -0.3 is 15.6 Å². The van der Waals surface area contributed by atoms with Crippen molar-refractivity contribution in [2.24, 2.45) is 0 Å². The molecule has 4 rings (SSSR count). The van der Waals surface area contributed by atoms with Crippen molar-refractivity contribution in [3.63, 3.8) is 0 Å². The third-order valence-electron chi connectivity index (χ3n) is 5.74. The fraction of sp³-hybridized carbons (Fsp3) is 0.296. The molecule has 35 heavy (non-hydrogen) atoms. The van der Waals surface area contributed by atoms with Gasteiger partial charge in [-0.15, -0.1) is 11.8 Å². The van der Waals surface area contributed by atoms with Gasteiger partial charge in [-0.3, -0.25) is 0 Å². The minimum Gasteiger partial charge on any atom is -0.382 e. The van der Waals surface area contributed by atoms with Crippen LogP contribution < -0.4 is 11.1 Å². The van der Waals surface area contributed by atoms with Crippen LogP contribution in [0.1, 0.15) is 32.8 Å². The first-order chi connectivity index (χ1) is 17.0. The second-order valence-electron chi connectivity index (χ2n) is 8.56. The van der Waals surface area contributed by atoms with E-state index in [0.717, 1.165) is 23.1 Å². The van der Waals surface area contributed by atoms with Gasteiger partial charge in [-0.25, -0.2) is 14.4 Å². The van der Waals surface area contributed by atoms with E-state index in [1.165, 1.54) is 4.90 Å². The fourth-order valence-electron chi connectivity index (χ4n) is 3.40. The van der Waals surface area contributed by atoms with Gasteiger partial charge in [0.25, 0.3) is 0 Å². The minimum atomic E-state index is -0.393. The van der Waals surface area contributed by atoms with Gasteiger partial charge in [-0.1, -0.05) is 55.4 Å². The number of rotatable bonds is 10. The van der Waals surface area contributed by atoms with Crippen LogP contribution >= 0.6 is 11.8 Å². The smallest absolute Gasteiger partial charge is 0.189 e. The molecule has 8 heteroatoms. The minimum absolute atomic E-state index is 0.170. The maximum Gasteiger partial charge on any atom is 0.189 e. The van der Waals surface area contributed by atoms with Gasteiger partial charge in [0.15, 0.2) is 17.3 Å². The topological polar surface area (TPSA) is 89.9 Å². The Balaban J connectivity index is 1.51. The standard InChI is InChI=1S/C27H30FN5OS/c1-4-18(3)35-22-11-9-21(10-12-22)24-16-31-27(29)26(32-24)25-13-23(33-34-25)20-7-5-19(6-8-20)15-30-17(2)14-28/h5-13,16-18,30H,4,14-15H2,1-3H3,(H2,29,31). The summed E-state index contributed by atoms with van der Waals surface area (Å²) < 4.78 is 18.2. The molecule has 182 valence electrons. The van der Waals surface area contributed by atoms with E-state index < -0.39 is 6.67 Å². The Morgan fingerprint density at radius 1 is 1.03 bits per heavy atom. The predicted octanol–water partition coefficient (Wildman–Crippen LogP) is 6.39. The number of thioether (sulfide) groups is 1. The van der Waals surface area contributed by atoms with Crippen LogP contribution in [-0.2, 0) is 6.54 Å². The highest BCUT2D eigenvalue weighted by Crippen LogP contribution is 2.31. The number of hydrogen-bond donors (Lipinski definition) is 2. The lowest BCUT2D eigenvalue weighted by Gasteiger charge is -2.09. The van der Waals surface area contributed by atoms with E-state index in [2.05, 4.69) is 41.4 Å². The molecule has 3 N–H and O–H groups in total.